The monoisotopic (exact) mass is 532 g/mol. The minimum atomic E-state index is 1.28. The van der Waals surface area contributed by atoms with Gasteiger partial charge in [0.25, 0.3) is 0 Å². The molecular formula is C32H20S4. The minimum absolute atomic E-state index is 1.28. The van der Waals surface area contributed by atoms with Gasteiger partial charge in [-0.2, -0.15) is 0 Å². The fraction of sp³-hybridized carbons (Fsp3) is 0. The highest BCUT2D eigenvalue weighted by Crippen LogP contribution is 2.65. The molecule has 0 spiro atoms. The smallest absolute Gasteiger partial charge is 0.0612 e. The van der Waals surface area contributed by atoms with E-state index in [1.165, 1.54) is 62.7 Å². The number of hydrogen-bond donors (Lipinski definition) is 0. The van der Waals surface area contributed by atoms with Crippen molar-refractivity contribution in [2.45, 2.75) is 9.79 Å². The van der Waals surface area contributed by atoms with Gasteiger partial charge in [0.15, 0.2) is 0 Å². The van der Waals surface area contributed by atoms with Crippen LogP contribution in [0.25, 0.3) is 52.9 Å². The number of hydrogen-bond acceptors (Lipinski definition) is 4. The molecule has 172 valence electrons. The SMILES string of the molecule is c1ccc(-c2sc3c(c2-c2ccccc2)SSc2c-3sc(-c3ccccc3)c2-c2ccccc2)cc1. The van der Waals surface area contributed by atoms with Gasteiger partial charge in [0.2, 0.25) is 0 Å². The maximum atomic E-state index is 2.24. The van der Waals surface area contributed by atoms with Crippen LogP contribution in [-0.4, -0.2) is 0 Å². The largest absolute Gasteiger partial charge is 0.132 e. The predicted octanol–water partition coefficient (Wildman–Crippen LogP) is 11.3. The summed E-state index contributed by atoms with van der Waals surface area (Å²) in [6, 6.07) is 43.5. The van der Waals surface area contributed by atoms with Gasteiger partial charge in [0, 0.05) is 30.7 Å². The Balaban J connectivity index is 1.51. The normalized spacial score (nSPS) is 12.2. The molecule has 0 bridgehead atoms. The highest BCUT2D eigenvalue weighted by atomic mass is 33.1. The molecule has 0 nitrogen and oxygen atoms in total. The van der Waals surface area contributed by atoms with Crippen LogP contribution < -0.4 is 0 Å². The molecular weight excluding hydrogens is 513 g/mol. The summed E-state index contributed by atoms with van der Waals surface area (Å²) in [6.45, 7) is 0. The summed E-state index contributed by atoms with van der Waals surface area (Å²) >= 11 is 3.88. The van der Waals surface area contributed by atoms with Crippen LogP contribution in [0, 0.1) is 0 Å². The van der Waals surface area contributed by atoms with Gasteiger partial charge >= 0.3 is 0 Å². The Kier molecular flexibility index (Phi) is 5.83. The van der Waals surface area contributed by atoms with Crippen LogP contribution in [-0.2, 0) is 0 Å². The molecule has 0 fully saturated rings. The van der Waals surface area contributed by atoms with Gasteiger partial charge in [-0.05, 0) is 22.3 Å². The summed E-state index contributed by atoms with van der Waals surface area (Å²) in [4.78, 5) is 8.28. The van der Waals surface area contributed by atoms with Gasteiger partial charge < -0.3 is 0 Å². The molecule has 36 heavy (non-hydrogen) atoms. The third kappa shape index (κ3) is 3.77. The summed E-state index contributed by atoms with van der Waals surface area (Å²) in [7, 11) is 3.84. The Morgan fingerprint density at radius 2 is 0.611 bits per heavy atom. The summed E-state index contributed by atoms with van der Waals surface area (Å²) in [5.41, 5.74) is 7.86. The van der Waals surface area contributed by atoms with Gasteiger partial charge in [-0.1, -0.05) is 143 Å². The third-order valence-corrected chi connectivity index (χ3v) is 11.7. The Labute approximate surface area is 227 Å². The van der Waals surface area contributed by atoms with Gasteiger partial charge in [-0.25, -0.2) is 0 Å². The second-order valence-electron chi connectivity index (χ2n) is 8.56. The van der Waals surface area contributed by atoms with Crippen LogP contribution >= 0.6 is 44.3 Å². The van der Waals surface area contributed by atoms with E-state index < -0.39 is 0 Å². The average molecular weight is 533 g/mol. The molecule has 1 aliphatic heterocycles. The van der Waals surface area contributed by atoms with Gasteiger partial charge in [-0.3, -0.25) is 0 Å². The topological polar surface area (TPSA) is 0 Å². The molecule has 0 saturated carbocycles. The highest BCUT2D eigenvalue weighted by Gasteiger charge is 2.32. The van der Waals surface area contributed by atoms with Crippen LogP contribution in [0.4, 0.5) is 0 Å². The lowest BCUT2D eigenvalue weighted by Crippen LogP contribution is -1.86. The van der Waals surface area contributed by atoms with Crippen molar-refractivity contribution < 1.29 is 0 Å². The lowest BCUT2D eigenvalue weighted by Gasteiger charge is -2.15. The van der Waals surface area contributed by atoms with Crippen molar-refractivity contribution in [3.8, 4) is 52.9 Å². The highest BCUT2D eigenvalue weighted by molar-refractivity contribution is 8.77. The van der Waals surface area contributed by atoms with E-state index in [9.17, 15) is 0 Å². The first-order chi connectivity index (χ1) is 17.9. The predicted molar refractivity (Wildman–Crippen MR) is 161 cm³/mol. The van der Waals surface area contributed by atoms with Gasteiger partial charge in [-0.15, -0.1) is 22.7 Å². The first kappa shape index (κ1) is 22.2. The van der Waals surface area contributed by atoms with Crippen molar-refractivity contribution in [2.75, 3.05) is 0 Å². The lowest BCUT2D eigenvalue weighted by atomic mass is 10.0. The van der Waals surface area contributed by atoms with Crippen molar-refractivity contribution in [1.82, 2.24) is 0 Å². The quantitative estimate of drug-likeness (QED) is 0.207. The Hall–Kier alpha value is -3.02. The van der Waals surface area contributed by atoms with E-state index in [0.717, 1.165) is 0 Å². The fourth-order valence-corrected chi connectivity index (χ4v) is 11.0. The second kappa shape index (κ2) is 9.45. The van der Waals surface area contributed by atoms with Crippen molar-refractivity contribution >= 4 is 44.3 Å². The van der Waals surface area contributed by atoms with Gasteiger partial charge in [0.05, 0.1) is 9.75 Å². The molecule has 0 N–H and O–H groups in total. The van der Waals surface area contributed by atoms with Crippen molar-refractivity contribution in [3.63, 3.8) is 0 Å². The van der Waals surface area contributed by atoms with Crippen LogP contribution in [0.15, 0.2) is 131 Å². The number of fused-ring (bicyclic) bond motifs is 3. The maximum Gasteiger partial charge on any atom is 0.0612 e. The molecule has 0 atom stereocenters. The molecule has 0 unspecified atom stereocenters. The lowest BCUT2D eigenvalue weighted by molar-refractivity contribution is 1.49. The minimum Gasteiger partial charge on any atom is -0.132 e. The van der Waals surface area contributed by atoms with E-state index >= 15 is 0 Å². The number of benzene rings is 4. The van der Waals surface area contributed by atoms with E-state index in [2.05, 4.69) is 121 Å². The summed E-state index contributed by atoms with van der Waals surface area (Å²) in [5.74, 6) is 0. The van der Waals surface area contributed by atoms with E-state index in [4.69, 9.17) is 0 Å². The second-order valence-corrected chi connectivity index (χ2v) is 12.8. The zero-order valence-corrected chi connectivity index (χ0v) is 22.4. The van der Waals surface area contributed by atoms with Crippen LogP contribution in [0.1, 0.15) is 0 Å². The fourth-order valence-electron chi connectivity index (χ4n) is 4.69. The summed E-state index contributed by atoms with van der Waals surface area (Å²) < 4.78 is 0. The maximum absolute atomic E-state index is 2.24. The third-order valence-electron chi connectivity index (χ3n) is 6.34. The molecule has 2 aromatic heterocycles. The Bertz CT molecular complexity index is 1520. The van der Waals surface area contributed by atoms with Crippen molar-refractivity contribution in [1.29, 1.82) is 0 Å². The number of rotatable bonds is 4. The Morgan fingerprint density at radius 3 is 0.944 bits per heavy atom. The Morgan fingerprint density at radius 1 is 0.306 bits per heavy atom. The standard InChI is InChI=1S/C32H20S4/c1-5-13-21(14-6-1)25-27(23-17-9-3-10-18-23)33-31-29(25)35-36-30-26(22-15-7-2-8-16-22)28(34-32(30)31)24-19-11-4-12-20-24/h1-20H. The van der Waals surface area contributed by atoms with E-state index in [1.807, 2.05) is 44.3 Å². The van der Waals surface area contributed by atoms with Gasteiger partial charge in [0.1, 0.15) is 0 Å². The first-order valence-electron chi connectivity index (χ1n) is 11.8. The molecule has 4 aromatic carbocycles. The van der Waals surface area contributed by atoms with Crippen LogP contribution in [0.3, 0.4) is 0 Å². The van der Waals surface area contributed by atoms with E-state index in [-0.39, 0.29) is 0 Å². The molecule has 0 amide bonds. The zero-order chi connectivity index (χ0) is 23.9. The summed E-state index contributed by atoms with van der Waals surface area (Å²) in [6.07, 6.45) is 0. The van der Waals surface area contributed by atoms with E-state index in [1.54, 1.807) is 0 Å². The van der Waals surface area contributed by atoms with Crippen molar-refractivity contribution in [3.05, 3.63) is 121 Å². The molecule has 3 heterocycles. The molecule has 0 saturated heterocycles. The molecule has 1 aliphatic rings. The molecule has 0 aliphatic carbocycles. The zero-order valence-electron chi connectivity index (χ0n) is 19.2. The van der Waals surface area contributed by atoms with Crippen LogP contribution in [0.2, 0.25) is 0 Å². The molecule has 4 heteroatoms. The summed E-state index contributed by atoms with van der Waals surface area (Å²) in [5, 5.41) is 0. The van der Waals surface area contributed by atoms with Crippen molar-refractivity contribution in [2.24, 2.45) is 0 Å². The first-order valence-corrected chi connectivity index (χ1v) is 15.6. The van der Waals surface area contributed by atoms with Crippen LogP contribution in [0.5, 0.6) is 0 Å². The molecule has 0 radical (unpaired) electrons. The van der Waals surface area contributed by atoms with E-state index in [0.29, 0.717) is 0 Å². The molecule has 6 aromatic rings. The average Bonchev–Trinajstić information content (AvgIpc) is 3.54. The number of thiophene rings is 2. The molecule has 7 rings (SSSR count).